The van der Waals surface area contributed by atoms with E-state index in [1.807, 2.05) is 0 Å². The molecule has 12 heterocycles. The second-order valence-corrected chi connectivity index (χ2v) is 55.9. The highest BCUT2D eigenvalue weighted by atomic mass is 15.3. The summed E-state index contributed by atoms with van der Waals surface area (Å²) in [5.74, 6) is 11.0. The summed E-state index contributed by atoms with van der Waals surface area (Å²) in [7, 11) is 0. The molecule has 12 nitrogen and oxygen atoms in total. The van der Waals surface area contributed by atoms with Gasteiger partial charge in [-0.3, -0.25) is 29.4 Å². The van der Waals surface area contributed by atoms with E-state index in [-0.39, 0.29) is 0 Å². The highest BCUT2D eigenvalue weighted by Gasteiger charge is 2.42. The van der Waals surface area contributed by atoms with Crippen LogP contribution >= 0.6 is 0 Å². The van der Waals surface area contributed by atoms with Crippen LogP contribution in [0.3, 0.4) is 0 Å². The molecule has 0 aliphatic carbocycles. The van der Waals surface area contributed by atoms with Crippen LogP contribution in [0.15, 0.2) is 0 Å². The van der Waals surface area contributed by atoms with E-state index >= 15 is 0 Å². The largest absolute Gasteiger partial charge is 0.303 e. The summed E-state index contributed by atoms with van der Waals surface area (Å²) in [5, 5.41) is 0. The van der Waals surface area contributed by atoms with E-state index in [0.29, 0.717) is 65.7 Å². The van der Waals surface area contributed by atoms with Gasteiger partial charge in [-0.25, -0.2) is 0 Å². The van der Waals surface area contributed by atoms with Gasteiger partial charge >= 0.3 is 0 Å². The van der Waals surface area contributed by atoms with Crippen molar-refractivity contribution >= 4 is 0 Å². The normalized spacial score (nSPS) is 27.2. The van der Waals surface area contributed by atoms with Crippen LogP contribution in [0.1, 0.15) is 378 Å². The molecule has 0 aromatic heterocycles. The molecule has 0 N–H and O–H groups in total. The Kier molecular flexibility index (Phi) is 40.9. The number of rotatable bonds is 12. The second-order valence-electron chi connectivity index (χ2n) is 55.9. The van der Waals surface area contributed by atoms with Crippen molar-refractivity contribution in [3.63, 3.8) is 0 Å². The number of nitrogens with zero attached hydrogens (tertiary/aromatic N) is 12. The smallest absolute Gasteiger partial charge is 0.0125 e. The minimum absolute atomic E-state index is 0.355. The summed E-state index contributed by atoms with van der Waals surface area (Å²) in [6.07, 6.45) is 28.0. The van der Waals surface area contributed by atoms with E-state index in [1.165, 1.54) is 325 Å². The molecule has 0 bridgehead atoms. The standard InChI is InChI=1S/2C19H38N2.4C18H36N2/c2*1-18(2,3)17-9-11-20(12-10-17)15-16-7-13-21(14-8-16)19(4,5)6;4*1-17(2,3)16-8-10-19(11-9-16)13-15-7-12-20(14-15)18(4,5)6/h2*16-17H,7-15H2,1-6H3;4*15-16H,7-14H2,1-6H3/t;;4*15-/m..1100/s1. The van der Waals surface area contributed by atoms with Crippen molar-refractivity contribution in [1.29, 1.82) is 0 Å². The van der Waals surface area contributed by atoms with Crippen LogP contribution in [0.5, 0.6) is 0 Å². The van der Waals surface area contributed by atoms with Gasteiger partial charge in [0.2, 0.25) is 0 Å². The lowest BCUT2D eigenvalue weighted by Gasteiger charge is -2.43. The van der Waals surface area contributed by atoms with Gasteiger partial charge in [-0.05, 0) is 487 Å². The fourth-order valence-corrected chi connectivity index (χ4v) is 24.0. The lowest BCUT2D eigenvalue weighted by Crippen LogP contribution is -2.48. The van der Waals surface area contributed by atoms with Gasteiger partial charge in [0, 0.05) is 98.7 Å². The molecule has 12 saturated heterocycles. The monoisotopic (exact) mass is 1710 g/mol. The van der Waals surface area contributed by atoms with E-state index in [1.54, 1.807) is 0 Å². The summed E-state index contributed by atoms with van der Waals surface area (Å²) in [6, 6.07) is 0. The van der Waals surface area contributed by atoms with Gasteiger partial charge in [-0.2, -0.15) is 0 Å². The van der Waals surface area contributed by atoms with Gasteiger partial charge in [0.05, 0.1) is 0 Å². The molecule has 122 heavy (non-hydrogen) atoms. The van der Waals surface area contributed by atoms with E-state index < -0.39 is 0 Å². The van der Waals surface area contributed by atoms with Crippen LogP contribution in [0, 0.1) is 104 Å². The Morgan fingerprint density at radius 3 is 0.369 bits per heavy atom. The molecule has 720 valence electrons. The number of hydrogen-bond acceptors (Lipinski definition) is 12. The first-order valence-corrected chi connectivity index (χ1v) is 52.8. The molecular weight excluding hydrogens is 1490 g/mol. The maximum atomic E-state index is 2.75. The minimum atomic E-state index is 0.355. The predicted molar refractivity (Wildman–Crippen MR) is 538 cm³/mol. The molecule has 0 radical (unpaired) electrons. The molecule has 12 rings (SSSR count). The van der Waals surface area contributed by atoms with Crippen molar-refractivity contribution in [1.82, 2.24) is 58.8 Å². The first-order chi connectivity index (χ1) is 56.0. The fourth-order valence-electron chi connectivity index (χ4n) is 24.0. The van der Waals surface area contributed by atoms with Crippen molar-refractivity contribution in [3.05, 3.63) is 0 Å². The van der Waals surface area contributed by atoms with Crippen molar-refractivity contribution < 1.29 is 0 Å². The van der Waals surface area contributed by atoms with E-state index in [0.717, 1.165) is 71.0 Å². The predicted octanol–water partition coefficient (Wildman–Crippen LogP) is 24.0. The molecule has 0 amide bonds. The van der Waals surface area contributed by atoms with Gasteiger partial charge < -0.3 is 29.4 Å². The Bertz CT molecular complexity index is 2440. The SMILES string of the molecule is CC(C)(C)C1CCN(CC2CCN(C(C)(C)C)CC2)CC1.CC(C)(C)C1CCN(CC2CCN(C(C)(C)C)CC2)CC1.CC(C)(C)C1CCN(C[C@@H]2CCN(C(C)(C)C)C2)CC1.CC(C)(C)C1CCN(C[C@@H]2CCN(C(C)(C)C)C2)CC1.CC(C)(C)C1CCN(C[C@H]2CCN(C(C)(C)C)C2)CC1.CC(C)(C)C1CCN(C[C@H]2CCN(C(C)(C)C)C2)CC1. The summed E-state index contributed by atoms with van der Waals surface area (Å²) >= 11 is 0. The molecule has 0 saturated carbocycles. The third-order valence-electron chi connectivity index (χ3n) is 34.0. The van der Waals surface area contributed by atoms with Gasteiger partial charge in [-0.15, -0.1) is 0 Å². The van der Waals surface area contributed by atoms with Crippen LogP contribution < -0.4 is 0 Å². The third-order valence-corrected chi connectivity index (χ3v) is 34.0. The zero-order valence-electron chi connectivity index (χ0n) is 89.7. The molecule has 12 aliphatic rings. The molecule has 12 aliphatic heterocycles. The van der Waals surface area contributed by atoms with E-state index in [4.69, 9.17) is 0 Å². The summed E-state index contributed by atoms with van der Waals surface area (Å²) in [5.41, 5.74) is 5.15. The Hall–Kier alpha value is -0.480. The van der Waals surface area contributed by atoms with E-state index in [2.05, 4.69) is 308 Å². The number of hydrogen-bond donors (Lipinski definition) is 0. The van der Waals surface area contributed by atoms with Crippen molar-refractivity contribution in [2.24, 2.45) is 104 Å². The summed E-state index contributed by atoms with van der Waals surface area (Å²) in [4.78, 5) is 32.4. The molecule has 12 heteroatoms. The van der Waals surface area contributed by atoms with Crippen LogP contribution in [0.25, 0.3) is 0 Å². The van der Waals surface area contributed by atoms with Gasteiger partial charge in [-0.1, -0.05) is 125 Å². The first kappa shape index (κ1) is 109. The van der Waals surface area contributed by atoms with Crippen LogP contribution in [-0.4, -0.2) is 288 Å². The summed E-state index contributed by atoms with van der Waals surface area (Å²) in [6.45, 7) is 125. The minimum Gasteiger partial charge on any atom is -0.303 e. The first-order valence-electron chi connectivity index (χ1n) is 52.8. The maximum absolute atomic E-state index is 2.75. The van der Waals surface area contributed by atoms with E-state index in [9.17, 15) is 0 Å². The summed E-state index contributed by atoms with van der Waals surface area (Å²) < 4.78 is 0. The molecule has 0 unspecified atom stereocenters. The number of piperidine rings is 8. The van der Waals surface area contributed by atoms with Gasteiger partial charge in [0.15, 0.2) is 0 Å². The Morgan fingerprint density at radius 1 is 0.139 bits per heavy atom. The molecule has 0 aromatic carbocycles. The lowest BCUT2D eigenvalue weighted by molar-refractivity contribution is 0.0579. The van der Waals surface area contributed by atoms with Crippen molar-refractivity contribution in [3.8, 4) is 0 Å². The average Bonchev–Trinajstić information content (AvgIpc) is 1.08. The lowest BCUT2D eigenvalue weighted by atomic mass is 9.75. The molecule has 0 spiro atoms. The van der Waals surface area contributed by atoms with Crippen LogP contribution in [0.2, 0.25) is 0 Å². The third kappa shape index (κ3) is 37.5. The van der Waals surface area contributed by atoms with Gasteiger partial charge in [0.1, 0.15) is 0 Å². The molecular formula is C110H220N12. The Morgan fingerprint density at radius 2 is 0.254 bits per heavy atom. The zero-order chi connectivity index (χ0) is 91.2. The topological polar surface area (TPSA) is 38.9 Å². The molecule has 12 fully saturated rings. The molecule has 4 atom stereocenters. The number of likely N-dealkylation sites (tertiary alicyclic amines) is 12. The average molecular weight is 1710 g/mol. The quantitative estimate of drug-likeness (QED) is 0.187. The Balaban J connectivity index is 0.000000201. The highest BCUT2D eigenvalue weighted by molar-refractivity contribution is 4.96. The zero-order valence-corrected chi connectivity index (χ0v) is 89.7. The van der Waals surface area contributed by atoms with Crippen LogP contribution in [-0.2, 0) is 0 Å². The highest BCUT2D eigenvalue weighted by Crippen LogP contribution is 2.43. The maximum Gasteiger partial charge on any atom is 0.0125 e. The second kappa shape index (κ2) is 46.0. The molecule has 0 aromatic rings. The fraction of sp³-hybridized carbons (Fsp3) is 1.00. The Labute approximate surface area is 765 Å². The van der Waals surface area contributed by atoms with Crippen LogP contribution in [0.4, 0.5) is 0 Å². The van der Waals surface area contributed by atoms with Crippen molar-refractivity contribution in [2.75, 3.05) is 196 Å². The van der Waals surface area contributed by atoms with Gasteiger partial charge in [0.25, 0.3) is 0 Å². The van der Waals surface area contributed by atoms with Crippen molar-refractivity contribution in [2.45, 2.75) is 411 Å².